The minimum atomic E-state index is -1.99. The highest BCUT2D eigenvalue weighted by Crippen LogP contribution is 2.08. The van der Waals surface area contributed by atoms with E-state index in [1.165, 1.54) is 0 Å². The number of hydrogen-bond donors (Lipinski definition) is 1. The van der Waals surface area contributed by atoms with Gasteiger partial charge < -0.3 is 19.0 Å². The Labute approximate surface area is 101 Å². The van der Waals surface area contributed by atoms with E-state index >= 15 is 0 Å². The summed E-state index contributed by atoms with van der Waals surface area (Å²) in [6, 6.07) is 0. The Bertz CT molecular complexity index is 157. The number of rotatable bonds is 9. The molecule has 0 rings (SSSR count). The summed E-state index contributed by atoms with van der Waals surface area (Å²) >= 11 is 0. The molecule has 0 fully saturated rings. The van der Waals surface area contributed by atoms with Gasteiger partial charge in [-0.3, -0.25) is 0 Å². The fourth-order valence-corrected chi connectivity index (χ4v) is 2.80. The summed E-state index contributed by atoms with van der Waals surface area (Å²) in [7, 11) is -1.99. The molecule has 0 heterocycles. The molecule has 0 amide bonds. The van der Waals surface area contributed by atoms with E-state index in [0.29, 0.717) is 6.54 Å². The van der Waals surface area contributed by atoms with Crippen LogP contribution in [0.5, 0.6) is 0 Å². The van der Waals surface area contributed by atoms with Crippen molar-refractivity contribution in [2.24, 2.45) is 5.73 Å². The predicted octanol–water partition coefficient (Wildman–Crippen LogP) is 1.70. The van der Waals surface area contributed by atoms with Crippen molar-refractivity contribution in [1.29, 1.82) is 0 Å². The maximum atomic E-state index is 5.81. The second-order valence-corrected chi connectivity index (χ2v) is 5.93. The Kier molecular flexibility index (Phi) is 9.16. The first-order valence-corrected chi connectivity index (χ1v) is 7.53. The van der Waals surface area contributed by atoms with Crippen LogP contribution in [-0.4, -0.2) is 34.4 Å². The normalized spacial score (nSPS) is 14.1. The van der Waals surface area contributed by atoms with Crippen molar-refractivity contribution in [2.75, 3.05) is 6.54 Å². The molecule has 2 N–H and O–H groups in total. The molecule has 0 bridgehead atoms. The highest BCUT2D eigenvalue weighted by molar-refractivity contribution is 6.36. The van der Waals surface area contributed by atoms with Crippen molar-refractivity contribution in [3.8, 4) is 0 Å². The Morgan fingerprint density at radius 2 is 1.44 bits per heavy atom. The van der Waals surface area contributed by atoms with Crippen LogP contribution in [-0.2, 0) is 13.3 Å². The van der Waals surface area contributed by atoms with Crippen LogP contribution >= 0.6 is 0 Å². The Balaban J connectivity index is 3.98. The molecule has 0 aromatic carbocycles. The lowest BCUT2D eigenvalue weighted by atomic mass is 10.2. The average Bonchev–Trinajstić information content (AvgIpc) is 2.12. The molecule has 16 heavy (non-hydrogen) atoms. The molecule has 0 aliphatic rings. The summed E-state index contributed by atoms with van der Waals surface area (Å²) in [6.45, 7) is 10.7. The topological polar surface area (TPSA) is 53.7 Å². The molecule has 98 valence electrons. The van der Waals surface area contributed by atoms with E-state index < -0.39 is 9.53 Å². The van der Waals surface area contributed by atoms with Crippen molar-refractivity contribution >= 4 is 9.53 Å². The molecular weight excluding hydrogens is 222 g/mol. The van der Waals surface area contributed by atoms with Crippen LogP contribution in [0.3, 0.4) is 0 Å². The molecule has 1 unspecified atom stereocenters. The van der Waals surface area contributed by atoms with Crippen molar-refractivity contribution < 1.29 is 13.3 Å². The van der Waals surface area contributed by atoms with E-state index in [2.05, 4.69) is 0 Å². The van der Waals surface area contributed by atoms with Crippen LogP contribution < -0.4 is 5.73 Å². The SMILES string of the molecule is CC(C)O[SiH](OC(C)C)OC(C)CCCN. The summed E-state index contributed by atoms with van der Waals surface area (Å²) in [6.07, 6.45) is 2.40. The molecule has 0 aliphatic carbocycles. The van der Waals surface area contributed by atoms with Gasteiger partial charge in [-0.1, -0.05) is 0 Å². The molecule has 0 aromatic rings. The quantitative estimate of drug-likeness (QED) is 0.632. The minimum Gasteiger partial charge on any atom is -0.373 e. The summed E-state index contributed by atoms with van der Waals surface area (Å²) in [4.78, 5) is 0. The highest BCUT2D eigenvalue weighted by Gasteiger charge is 2.21. The van der Waals surface area contributed by atoms with Gasteiger partial charge in [0.15, 0.2) is 0 Å². The third-order valence-electron chi connectivity index (χ3n) is 1.92. The largest absolute Gasteiger partial charge is 0.484 e. The Morgan fingerprint density at radius 1 is 0.938 bits per heavy atom. The van der Waals surface area contributed by atoms with Crippen LogP contribution in [0.4, 0.5) is 0 Å². The molecule has 5 heteroatoms. The molecule has 0 aromatic heterocycles. The lowest BCUT2D eigenvalue weighted by Gasteiger charge is -2.24. The van der Waals surface area contributed by atoms with Gasteiger partial charge in [0.05, 0.1) is 0 Å². The fourth-order valence-electron chi connectivity index (χ4n) is 1.20. The van der Waals surface area contributed by atoms with E-state index in [-0.39, 0.29) is 18.3 Å². The van der Waals surface area contributed by atoms with Gasteiger partial charge in [-0.15, -0.1) is 0 Å². The van der Waals surface area contributed by atoms with Crippen molar-refractivity contribution in [3.63, 3.8) is 0 Å². The lowest BCUT2D eigenvalue weighted by Crippen LogP contribution is -2.35. The lowest BCUT2D eigenvalue weighted by molar-refractivity contribution is 0.0265. The van der Waals surface area contributed by atoms with Crippen LogP contribution in [0.25, 0.3) is 0 Å². The van der Waals surface area contributed by atoms with Crippen molar-refractivity contribution in [2.45, 2.75) is 65.8 Å². The molecule has 0 saturated carbocycles. The zero-order valence-electron chi connectivity index (χ0n) is 11.2. The van der Waals surface area contributed by atoms with Gasteiger partial charge in [0.2, 0.25) is 0 Å². The van der Waals surface area contributed by atoms with E-state index in [4.69, 9.17) is 19.0 Å². The fraction of sp³-hybridized carbons (Fsp3) is 1.00. The van der Waals surface area contributed by atoms with Crippen LogP contribution in [0.2, 0.25) is 0 Å². The van der Waals surface area contributed by atoms with E-state index in [1.54, 1.807) is 0 Å². The van der Waals surface area contributed by atoms with E-state index in [0.717, 1.165) is 12.8 Å². The predicted molar refractivity (Wildman–Crippen MR) is 68.4 cm³/mol. The van der Waals surface area contributed by atoms with E-state index in [9.17, 15) is 0 Å². The second-order valence-electron chi connectivity index (χ2n) is 4.54. The zero-order chi connectivity index (χ0) is 12.6. The van der Waals surface area contributed by atoms with Gasteiger partial charge in [-0.25, -0.2) is 0 Å². The maximum Gasteiger partial charge on any atom is 0.484 e. The van der Waals surface area contributed by atoms with Gasteiger partial charge in [0, 0.05) is 18.3 Å². The summed E-state index contributed by atoms with van der Waals surface area (Å²) in [5.41, 5.74) is 5.46. The number of hydrogen-bond acceptors (Lipinski definition) is 4. The molecule has 1 atom stereocenters. The third kappa shape index (κ3) is 9.29. The summed E-state index contributed by atoms with van der Waals surface area (Å²) < 4.78 is 17.2. The van der Waals surface area contributed by atoms with E-state index in [1.807, 2.05) is 34.6 Å². The van der Waals surface area contributed by atoms with Crippen LogP contribution in [0, 0.1) is 0 Å². The van der Waals surface area contributed by atoms with Gasteiger partial charge in [-0.2, -0.15) is 0 Å². The van der Waals surface area contributed by atoms with Crippen molar-refractivity contribution in [1.82, 2.24) is 0 Å². The van der Waals surface area contributed by atoms with Crippen LogP contribution in [0.1, 0.15) is 47.5 Å². The molecule has 0 saturated heterocycles. The average molecular weight is 249 g/mol. The molecule has 4 nitrogen and oxygen atoms in total. The molecule has 0 aliphatic heterocycles. The Hall–Kier alpha value is 0.0569. The van der Waals surface area contributed by atoms with Gasteiger partial charge in [0.25, 0.3) is 0 Å². The van der Waals surface area contributed by atoms with Gasteiger partial charge in [-0.05, 0) is 54.0 Å². The smallest absolute Gasteiger partial charge is 0.373 e. The Morgan fingerprint density at radius 3 is 1.81 bits per heavy atom. The van der Waals surface area contributed by atoms with Gasteiger partial charge >= 0.3 is 9.53 Å². The first kappa shape index (κ1) is 16.1. The highest BCUT2D eigenvalue weighted by atomic mass is 28.3. The summed E-state index contributed by atoms with van der Waals surface area (Å²) in [5, 5.41) is 0. The van der Waals surface area contributed by atoms with Gasteiger partial charge in [0.1, 0.15) is 0 Å². The monoisotopic (exact) mass is 249 g/mol. The second kappa shape index (κ2) is 9.12. The first-order valence-electron chi connectivity index (χ1n) is 6.12. The zero-order valence-corrected chi connectivity index (χ0v) is 12.4. The molecule has 0 spiro atoms. The van der Waals surface area contributed by atoms with Crippen molar-refractivity contribution in [3.05, 3.63) is 0 Å². The number of nitrogens with two attached hydrogens (primary N) is 1. The standard InChI is InChI=1S/C11H27NO3Si/c1-9(2)13-16(14-10(3)4)15-11(5)7-6-8-12/h9-11,16H,6-8,12H2,1-5H3. The molecular formula is C11H27NO3Si. The van der Waals surface area contributed by atoms with Crippen LogP contribution in [0.15, 0.2) is 0 Å². The summed E-state index contributed by atoms with van der Waals surface area (Å²) in [5.74, 6) is 0. The third-order valence-corrected chi connectivity index (χ3v) is 4.14. The minimum absolute atomic E-state index is 0.150. The molecule has 0 radical (unpaired) electrons. The first-order chi connectivity index (χ1) is 7.45. The maximum absolute atomic E-state index is 5.81.